The Morgan fingerprint density at radius 2 is 2.12 bits per heavy atom. The third kappa shape index (κ3) is 5.22. The molecule has 1 aliphatic heterocycles. The molecule has 0 spiro atoms. The molecule has 1 N–H and O–H groups in total. The second kappa shape index (κ2) is 8.70. The van der Waals surface area contributed by atoms with Crippen molar-refractivity contribution in [2.45, 2.75) is 39.2 Å². The maximum atomic E-state index is 10.6. The average Bonchev–Trinajstić information content (AvgIpc) is 3.10. The van der Waals surface area contributed by atoms with Crippen LogP contribution in [0.2, 0.25) is 0 Å². The van der Waals surface area contributed by atoms with Crippen LogP contribution in [0.5, 0.6) is 5.75 Å². The first-order valence-electron chi connectivity index (χ1n) is 9.20. The van der Waals surface area contributed by atoms with Gasteiger partial charge >= 0.3 is 5.97 Å². The summed E-state index contributed by atoms with van der Waals surface area (Å²) >= 11 is 0. The Balaban J connectivity index is 1.52. The summed E-state index contributed by atoms with van der Waals surface area (Å²) < 4.78 is 5.90. The van der Waals surface area contributed by atoms with Crippen LogP contribution in [0, 0.1) is 12.8 Å². The highest BCUT2D eigenvalue weighted by atomic mass is 16.5. The van der Waals surface area contributed by atoms with Gasteiger partial charge in [0.1, 0.15) is 12.4 Å². The van der Waals surface area contributed by atoms with Gasteiger partial charge in [-0.1, -0.05) is 29.8 Å². The van der Waals surface area contributed by atoms with E-state index >= 15 is 0 Å². The lowest BCUT2D eigenvalue weighted by atomic mass is 10.0. The smallest absolute Gasteiger partial charge is 0.303 e. The summed E-state index contributed by atoms with van der Waals surface area (Å²) in [7, 11) is 0. The normalized spacial score (nSPS) is 16.7. The number of nitrogens with zero attached hydrogens (tertiary/aromatic N) is 2. The highest BCUT2D eigenvalue weighted by molar-refractivity contribution is 5.66. The molecule has 2 aromatic rings. The third-order valence-electron chi connectivity index (χ3n) is 4.88. The Kier molecular flexibility index (Phi) is 6.10. The minimum Gasteiger partial charge on any atom is -0.487 e. The van der Waals surface area contributed by atoms with Crippen molar-refractivity contribution in [2.75, 3.05) is 18.0 Å². The van der Waals surface area contributed by atoms with Crippen LogP contribution in [0.15, 0.2) is 42.7 Å². The first kappa shape index (κ1) is 18.2. The van der Waals surface area contributed by atoms with Gasteiger partial charge in [0.2, 0.25) is 0 Å². The quantitative estimate of drug-likeness (QED) is 0.775. The molecule has 1 atom stereocenters. The van der Waals surface area contributed by atoms with Gasteiger partial charge in [0.05, 0.1) is 18.1 Å². The highest BCUT2D eigenvalue weighted by Gasteiger charge is 2.23. The highest BCUT2D eigenvalue weighted by Crippen LogP contribution is 2.28. The summed E-state index contributed by atoms with van der Waals surface area (Å²) in [6.07, 6.45) is 6.72. The molecule has 0 radical (unpaired) electrons. The van der Waals surface area contributed by atoms with Crippen molar-refractivity contribution in [2.24, 2.45) is 5.92 Å². The molecule has 5 nitrogen and oxygen atoms in total. The number of ether oxygens (including phenoxy) is 1. The summed E-state index contributed by atoms with van der Waals surface area (Å²) in [5.41, 5.74) is 3.46. The van der Waals surface area contributed by atoms with E-state index in [0.29, 0.717) is 12.5 Å². The summed E-state index contributed by atoms with van der Waals surface area (Å²) in [5.74, 6) is 0.631. The van der Waals surface area contributed by atoms with Crippen molar-refractivity contribution >= 4 is 11.7 Å². The zero-order valence-corrected chi connectivity index (χ0v) is 15.2. The van der Waals surface area contributed by atoms with Crippen molar-refractivity contribution < 1.29 is 14.6 Å². The Morgan fingerprint density at radius 3 is 2.88 bits per heavy atom. The molecule has 2 heterocycles. The fourth-order valence-electron chi connectivity index (χ4n) is 3.35. The number of carboxylic acid groups (broad SMARTS) is 1. The molecule has 3 rings (SSSR count). The van der Waals surface area contributed by atoms with Gasteiger partial charge in [0.15, 0.2) is 0 Å². The van der Waals surface area contributed by atoms with E-state index in [1.165, 1.54) is 5.56 Å². The van der Waals surface area contributed by atoms with E-state index in [-0.39, 0.29) is 6.42 Å². The van der Waals surface area contributed by atoms with Gasteiger partial charge in [0, 0.05) is 25.6 Å². The van der Waals surface area contributed by atoms with Crippen molar-refractivity contribution in [1.82, 2.24) is 4.98 Å². The first-order valence-corrected chi connectivity index (χ1v) is 9.20. The number of hydrogen-bond acceptors (Lipinski definition) is 4. The van der Waals surface area contributed by atoms with Crippen molar-refractivity contribution in [3.63, 3.8) is 0 Å². The molecule has 1 fully saturated rings. The number of rotatable bonds is 8. The molecule has 1 aliphatic rings. The molecule has 138 valence electrons. The van der Waals surface area contributed by atoms with Crippen LogP contribution < -0.4 is 9.64 Å². The van der Waals surface area contributed by atoms with Crippen LogP contribution in [0.3, 0.4) is 0 Å². The van der Waals surface area contributed by atoms with Gasteiger partial charge in [-0.3, -0.25) is 9.78 Å². The number of carboxylic acids is 1. The van der Waals surface area contributed by atoms with Crippen molar-refractivity contribution in [1.29, 1.82) is 0 Å². The molecule has 0 bridgehead atoms. The van der Waals surface area contributed by atoms with Gasteiger partial charge in [-0.25, -0.2) is 0 Å². The first-order chi connectivity index (χ1) is 12.6. The summed E-state index contributed by atoms with van der Waals surface area (Å²) in [4.78, 5) is 17.3. The number of aromatic nitrogens is 1. The zero-order chi connectivity index (χ0) is 18.4. The lowest BCUT2D eigenvalue weighted by Crippen LogP contribution is -2.19. The molecule has 0 aliphatic carbocycles. The van der Waals surface area contributed by atoms with Crippen LogP contribution >= 0.6 is 0 Å². The number of aliphatic carboxylic acids is 1. The molecule has 5 heteroatoms. The maximum absolute atomic E-state index is 10.6. The summed E-state index contributed by atoms with van der Waals surface area (Å²) in [6, 6.07) is 10.4. The van der Waals surface area contributed by atoms with Gasteiger partial charge in [0.25, 0.3) is 0 Å². The monoisotopic (exact) mass is 354 g/mol. The molecule has 0 amide bonds. The molecular weight excluding hydrogens is 328 g/mol. The largest absolute Gasteiger partial charge is 0.487 e. The van der Waals surface area contributed by atoms with Gasteiger partial charge in [-0.05, 0) is 37.7 Å². The van der Waals surface area contributed by atoms with Gasteiger partial charge < -0.3 is 14.7 Å². The SMILES string of the molecule is Cc1ccc(COc2cncc(N3CCC(CCCC(=O)O)C3)c2)cc1. The standard InChI is InChI=1S/C21H26N2O3/c1-16-5-7-18(8-6-16)15-26-20-11-19(12-22-13-20)23-10-9-17(14-23)3-2-4-21(24)25/h5-8,11-13,17H,2-4,9-10,14-15H2,1H3,(H,24,25). The van der Waals surface area contributed by atoms with Crippen molar-refractivity contribution in [3.8, 4) is 5.75 Å². The van der Waals surface area contributed by atoms with E-state index in [4.69, 9.17) is 9.84 Å². The van der Waals surface area contributed by atoms with Crippen LogP contribution in [0.4, 0.5) is 5.69 Å². The van der Waals surface area contributed by atoms with Gasteiger partial charge in [-0.2, -0.15) is 0 Å². The topological polar surface area (TPSA) is 62.7 Å². The lowest BCUT2D eigenvalue weighted by molar-refractivity contribution is -0.137. The van der Waals surface area contributed by atoms with E-state index in [9.17, 15) is 4.79 Å². The fourth-order valence-corrected chi connectivity index (χ4v) is 3.35. The predicted octanol–water partition coefficient (Wildman–Crippen LogP) is 4.05. The minimum absolute atomic E-state index is 0.264. The number of anilines is 1. The Labute approximate surface area is 154 Å². The van der Waals surface area contributed by atoms with E-state index in [1.54, 1.807) is 6.20 Å². The van der Waals surface area contributed by atoms with E-state index in [0.717, 1.165) is 49.4 Å². The third-order valence-corrected chi connectivity index (χ3v) is 4.88. The van der Waals surface area contributed by atoms with E-state index in [1.807, 2.05) is 12.3 Å². The van der Waals surface area contributed by atoms with E-state index in [2.05, 4.69) is 41.1 Å². The molecule has 1 aromatic heterocycles. The molecular formula is C21H26N2O3. The maximum Gasteiger partial charge on any atom is 0.303 e. The van der Waals surface area contributed by atoms with Gasteiger partial charge in [-0.15, -0.1) is 0 Å². The number of benzene rings is 1. The second-order valence-electron chi connectivity index (χ2n) is 7.04. The molecule has 1 saturated heterocycles. The lowest BCUT2D eigenvalue weighted by Gasteiger charge is -2.19. The molecule has 1 aromatic carbocycles. The molecule has 0 saturated carbocycles. The van der Waals surface area contributed by atoms with Crippen LogP contribution in [0.1, 0.15) is 36.8 Å². The summed E-state index contributed by atoms with van der Waals surface area (Å²) in [5, 5.41) is 8.76. The average molecular weight is 354 g/mol. The second-order valence-corrected chi connectivity index (χ2v) is 7.04. The predicted molar refractivity (Wildman–Crippen MR) is 102 cm³/mol. The minimum atomic E-state index is -0.706. The Morgan fingerprint density at radius 1 is 1.31 bits per heavy atom. The number of carbonyl (C=O) groups is 1. The zero-order valence-electron chi connectivity index (χ0n) is 15.2. The van der Waals surface area contributed by atoms with Crippen LogP contribution in [-0.4, -0.2) is 29.1 Å². The Hall–Kier alpha value is -2.56. The van der Waals surface area contributed by atoms with Crippen molar-refractivity contribution in [3.05, 3.63) is 53.9 Å². The van der Waals surface area contributed by atoms with E-state index < -0.39 is 5.97 Å². The summed E-state index contributed by atoms with van der Waals surface area (Å²) in [6.45, 7) is 4.55. The number of pyridine rings is 1. The number of aryl methyl sites for hydroxylation is 1. The molecule has 1 unspecified atom stereocenters. The fraction of sp³-hybridized carbons (Fsp3) is 0.429. The molecule has 26 heavy (non-hydrogen) atoms. The number of hydrogen-bond donors (Lipinski definition) is 1. The van der Waals surface area contributed by atoms with Crippen LogP contribution in [-0.2, 0) is 11.4 Å². The Bertz CT molecular complexity index is 730. The van der Waals surface area contributed by atoms with Crippen LogP contribution in [0.25, 0.3) is 0 Å².